The molecule has 0 spiro atoms. The maximum atomic E-state index is 13.2. The number of benzene rings is 2. The van der Waals surface area contributed by atoms with E-state index in [9.17, 15) is 18.0 Å². The Hall–Kier alpha value is -4.38. The number of hydrogen-bond donors (Lipinski definition) is 3. The van der Waals surface area contributed by atoms with Gasteiger partial charge in [0.15, 0.2) is 0 Å². The van der Waals surface area contributed by atoms with Crippen LogP contribution in [0.2, 0.25) is 0 Å². The summed E-state index contributed by atoms with van der Waals surface area (Å²) >= 11 is 0. The molecule has 4 rings (SSSR count). The number of hydrogen-bond acceptors (Lipinski definition) is 5. The summed E-state index contributed by atoms with van der Waals surface area (Å²) in [5.74, 6) is 0.225. The van der Waals surface area contributed by atoms with Gasteiger partial charge in [-0.15, -0.1) is 0 Å². The third-order valence-corrected chi connectivity index (χ3v) is 6.64. The molecule has 3 amide bonds. The molecule has 2 aromatic heterocycles. The topological polar surface area (TPSA) is 125 Å². The molecule has 3 N–H and O–H groups in total. The fourth-order valence-electron chi connectivity index (χ4n) is 4.26. The molecule has 0 fully saturated rings. The van der Waals surface area contributed by atoms with Crippen LogP contribution in [0.5, 0.6) is 0 Å². The lowest BCUT2D eigenvalue weighted by atomic mass is 10.1. The van der Waals surface area contributed by atoms with Crippen LogP contribution in [0, 0.1) is 0 Å². The Morgan fingerprint density at radius 1 is 0.974 bits per heavy atom. The maximum Gasteiger partial charge on any atom is 0.323 e. The van der Waals surface area contributed by atoms with Crippen molar-refractivity contribution in [2.75, 3.05) is 34.3 Å². The van der Waals surface area contributed by atoms with Crippen LogP contribution in [0.4, 0.5) is 22.0 Å². The van der Waals surface area contributed by atoms with E-state index < -0.39 is 10.0 Å². The molecule has 0 bridgehead atoms. The summed E-state index contributed by atoms with van der Waals surface area (Å²) in [6.45, 7) is 4.76. The lowest BCUT2D eigenvalue weighted by molar-refractivity contribution is 0.102. The van der Waals surface area contributed by atoms with Crippen LogP contribution in [0.25, 0.3) is 5.65 Å². The van der Waals surface area contributed by atoms with Gasteiger partial charge in [0.1, 0.15) is 11.5 Å². The van der Waals surface area contributed by atoms with E-state index in [1.54, 1.807) is 45.8 Å². The minimum atomic E-state index is -3.45. The van der Waals surface area contributed by atoms with Crippen LogP contribution in [-0.2, 0) is 22.9 Å². The zero-order chi connectivity index (χ0) is 28.0. The van der Waals surface area contributed by atoms with Gasteiger partial charge in [0.05, 0.1) is 23.2 Å². The van der Waals surface area contributed by atoms with E-state index in [0.717, 1.165) is 17.5 Å². The lowest BCUT2D eigenvalue weighted by Crippen LogP contribution is -2.41. The van der Waals surface area contributed by atoms with E-state index in [1.165, 1.54) is 6.07 Å². The number of amides is 3. The summed E-state index contributed by atoms with van der Waals surface area (Å²) in [6, 6.07) is 19.5. The van der Waals surface area contributed by atoms with Gasteiger partial charge in [0.25, 0.3) is 5.91 Å². The van der Waals surface area contributed by atoms with Gasteiger partial charge in [-0.1, -0.05) is 43.3 Å². The fraction of sp³-hybridized carbons (Fsp3) is 0.250. The summed E-state index contributed by atoms with van der Waals surface area (Å²) in [5.41, 5.74) is 3.62. The third-order valence-electron chi connectivity index (χ3n) is 6.03. The number of imidazole rings is 1. The fourth-order valence-corrected chi connectivity index (χ4v) is 4.81. The highest BCUT2D eigenvalue weighted by Crippen LogP contribution is 2.25. The highest BCUT2D eigenvalue weighted by molar-refractivity contribution is 7.92. The first-order chi connectivity index (χ1) is 18.7. The van der Waals surface area contributed by atoms with Gasteiger partial charge in [-0.05, 0) is 55.7 Å². The van der Waals surface area contributed by atoms with Crippen molar-refractivity contribution in [1.82, 2.24) is 14.7 Å². The monoisotopic (exact) mass is 548 g/mol. The number of rotatable bonds is 10. The van der Waals surface area contributed by atoms with Gasteiger partial charge in [0, 0.05) is 25.0 Å². The summed E-state index contributed by atoms with van der Waals surface area (Å²) in [4.78, 5) is 32.6. The lowest BCUT2D eigenvalue weighted by Gasteiger charge is -2.22. The molecule has 0 aliphatic carbocycles. The summed E-state index contributed by atoms with van der Waals surface area (Å²) < 4.78 is 27.3. The maximum absolute atomic E-state index is 13.2. The standard InChI is InChI=1S/C28H32N6O4S/c1-4-24-27(33(5-2)28(36)29-17-16-20-10-7-6-8-11-20)34-19-21(14-15-25(34)31-24)26(35)30-22-12-9-13-23(18-22)32-39(3,37)38/h6-15,18-19,32H,4-5,16-17H2,1-3H3,(H,29,36)(H,30,35). The number of fused-ring (bicyclic) bond motifs is 1. The zero-order valence-corrected chi connectivity index (χ0v) is 23.0. The molecule has 0 saturated carbocycles. The number of anilines is 3. The van der Waals surface area contributed by atoms with Crippen LogP contribution in [0.15, 0.2) is 72.9 Å². The predicted molar refractivity (Wildman–Crippen MR) is 154 cm³/mol. The number of aromatic nitrogens is 2. The molecule has 0 unspecified atom stereocenters. The number of sulfonamides is 1. The van der Waals surface area contributed by atoms with Crippen molar-refractivity contribution < 1.29 is 18.0 Å². The predicted octanol–water partition coefficient (Wildman–Crippen LogP) is 4.30. The molecule has 0 aliphatic heterocycles. The first kappa shape index (κ1) is 27.6. The quantitative estimate of drug-likeness (QED) is 0.273. The smallest absolute Gasteiger partial charge is 0.323 e. The molecule has 204 valence electrons. The highest BCUT2D eigenvalue weighted by atomic mass is 32.2. The molecule has 0 radical (unpaired) electrons. The van der Waals surface area contributed by atoms with Crippen molar-refractivity contribution in [2.45, 2.75) is 26.7 Å². The molecule has 0 saturated heterocycles. The van der Waals surface area contributed by atoms with E-state index in [-0.39, 0.29) is 11.9 Å². The van der Waals surface area contributed by atoms with E-state index >= 15 is 0 Å². The third kappa shape index (κ3) is 6.94. The molecular weight excluding hydrogens is 516 g/mol. The Balaban J connectivity index is 1.56. The number of nitrogens with one attached hydrogen (secondary N) is 3. The molecule has 0 atom stereocenters. The molecule has 0 aliphatic rings. The van der Waals surface area contributed by atoms with Gasteiger partial charge >= 0.3 is 6.03 Å². The Morgan fingerprint density at radius 3 is 2.41 bits per heavy atom. The largest absolute Gasteiger partial charge is 0.337 e. The van der Waals surface area contributed by atoms with Crippen molar-refractivity contribution in [3.63, 3.8) is 0 Å². The minimum absolute atomic E-state index is 0.241. The number of nitrogens with zero attached hydrogens (tertiary/aromatic N) is 3. The van der Waals surface area contributed by atoms with E-state index in [1.807, 2.05) is 44.2 Å². The first-order valence-corrected chi connectivity index (χ1v) is 14.6. The Bertz CT molecular complexity index is 1580. The molecule has 11 heteroatoms. The van der Waals surface area contributed by atoms with Gasteiger partial charge in [-0.2, -0.15) is 0 Å². The normalized spacial score (nSPS) is 11.3. The van der Waals surface area contributed by atoms with Crippen molar-refractivity contribution in [3.8, 4) is 0 Å². The summed E-state index contributed by atoms with van der Waals surface area (Å²) in [7, 11) is -3.45. The van der Waals surface area contributed by atoms with Crippen LogP contribution in [-0.4, -0.2) is 49.1 Å². The average Bonchev–Trinajstić information content (AvgIpc) is 3.26. The zero-order valence-electron chi connectivity index (χ0n) is 22.1. The number of carbonyl (C=O) groups excluding carboxylic acids is 2. The van der Waals surface area contributed by atoms with Gasteiger partial charge in [-0.3, -0.25) is 18.8 Å². The second kappa shape index (κ2) is 12.0. The minimum Gasteiger partial charge on any atom is -0.337 e. The number of pyridine rings is 1. The van der Waals surface area contributed by atoms with E-state index in [0.29, 0.717) is 54.3 Å². The second-order valence-electron chi connectivity index (χ2n) is 9.00. The highest BCUT2D eigenvalue weighted by Gasteiger charge is 2.23. The Morgan fingerprint density at radius 2 is 1.72 bits per heavy atom. The van der Waals surface area contributed by atoms with E-state index in [2.05, 4.69) is 20.3 Å². The summed E-state index contributed by atoms with van der Waals surface area (Å²) in [5, 5.41) is 5.79. The molecule has 39 heavy (non-hydrogen) atoms. The van der Waals surface area contributed by atoms with Gasteiger partial charge in [0.2, 0.25) is 10.0 Å². The molecule has 4 aromatic rings. The molecule has 10 nitrogen and oxygen atoms in total. The van der Waals surface area contributed by atoms with Gasteiger partial charge < -0.3 is 10.6 Å². The average molecular weight is 549 g/mol. The van der Waals surface area contributed by atoms with Gasteiger partial charge in [-0.25, -0.2) is 18.2 Å². The number of urea groups is 1. The van der Waals surface area contributed by atoms with Crippen LogP contribution in [0.1, 0.15) is 35.5 Å². The number of carbonyl (C=O) groups is 2. The molecular formula is C28H32N6O4S. The SMILES string of the molecule is CCc1nc2ccc(C(=O)Nc3cccc(NS(C)(=O)=O)c3)cn2c1N(CC)C(=O)NCCc1ccccc1. The van der Waals surface area contributed by atoms with Crippen LogP contribution < -0.4 is 20.3 Å². The first-order valence-electron chi connectivity index (χ1n) is 12.7. The van der Waals surface area contributed by atoms with Crippen molar-refractivity contribution in [1.29, 1.82) is 0 Å². The van der Waals surface area contributed by atoms with Crippen LogP contribution >= 0.6 is 0 Å². The Kier molecular flexibility index (Phi) is 8.50. The Labute approximate surface area is 228 Å². The summed E-state index contributed by atoms with van der Waals surface area (Å²) in [6.07, 6.45) is 4.03. The van der Waals surface area contributed by atoms with Crippen LogP contribution in [0.3, 0.4) is 0 Å². The van der Waals surface area contributed by atoms with E-state index in [4.69, 9.17) is 0 Å². The van der Waals surface area contributed by atoms with Crippen molar-refractivity contribution in [3.05, 3.63) is 89.7 Å². The number of aryl methyl sites for hydroxylation is 1. The van der Waals surface area contributed by atoms with Crippen molar-refractivity contribution >= 4 is 44.8 Å². The second-order valence-corrected chi connectivity index (χ2v) is 10.8. The molecule has 2 heterocycles. The van der Waals surface area contributed by atoms with Crippen molar-refractivity contribution in [2.24, 2.45) is 0 Å². The molecule has 2 aromatic carbocycles.